The summed E-state index contributed by atoms with van der Waals surface area (Å²) < 4.78 is 16.7. The van der Waals surface area contributed by atoms with Crippen LogP contribution in [0.2, 0.25) is 0 Å². The molecule has 0 unspecified atom stereocenters. The normalized spacial score (nSPS) is 10.4. The largest absolute Gasteiger partial charge is 0.490 e. The maximum Gasteiger partial charge on any atom is 0.161 e. The highest BCUT2D eigenvalue weighted by Gasteiger charge is 2.05. The smallest absolute Gasteiger partial charge is 0.161 e. The van der Waals surface area contributed by atoms with Crippen LogP contribution in [-0.4, -0.2) is 26.4 Å². The molecule has 0 bridgehead atoms. The molecule has 0 heterocycles. The van der Waals surface area contributed by atoms with E-state index in [4.69, 9.17) is 14.2 Å². The van der Waals surface area contributed by atoms with Crippen LogP contribution in [0.1, 0.15) is 32.3 Å². The maximum atomic E-state index is 5.69. The fourth-order valence-corrected chi connectivity index (χ4v) is 1.52. The van der Waals surface area contributed by atoms with Gasteiger partial charge in [-0.1, -0.05) is 19.9 Å². The van der Waals surface area contributed by atoms with Crippen LogP contribution in [0.25, 0.3) is 0 Å². The van der Waals surface area contributed by atoms with Crippen LogP contribution in [-0.2, 0) is 4.74 Å². The highest BCUT2D eigenvalue weighted by atomic mass is 16.5. The molecule has 18 heavy (non-hydrogen) atoms. The first-order valence-electron chi connectivity index (χ1n) is 6.72. The first-order valence-corrected chi connectivity index (χ1v) is 6.72. The molecule has 0 aliphatic heterocycles. The van der Waals surface area contributed by atoms with Gasteiger partial charge in [0.05, 0.1) is 13.2 Å². The Balaban J connectivity index is 2.47. The van der Waals surface area contributed by atoms with Gasteiger partial charge in [-0.15, -0.1) is 0 Å². The van der Waals surface area contributed by atoms with E-state index < -0.39 is 0 Å². The maximum absolute atomic E-state index is 5.69. The van der Waals surface area contributed by atoms with Crippen LogP contribution in [0.15, 0.2) is 18.2 Å². The van der Waals surface area contributed by atoms with Crippen LogP contribution in [0.5, 0.6) is 11.5 Å². The van der Waals surface area contributed by atoms with Gasteiger partial charge in [0, 0.05) is 6.61 Å². The lowest BCUT2D eigenvalue weighted by atomic mass is 10.2. The summed E-state index contributed by atoms with van der Waals surface area (Å²) in [7, 11) is 0. The fourth-order valence-electron chi connectivity index (χ4n) is 1.52. The molecule has 1 rings (SSSR count). The number of rotatable bonds is 9. The number of hydrogen-bond donors (Lipinski definition) is 0. The molecule has 0 radical (unpaired) electrons. The Kier molecular flexibility index (Phi) is 7.26. The van der Waals surface area contributed by atoms with Gasteiger partial charge in [-0.2, -0.15) is 0 Å². The molecule has 0 fully saturated rings. The molecule has 0 atom stereocenters. The van der Waals surface area contributed by atoms with E-state index in [1.165, 1.54) is 5.56 Å². The molecular formula is C15H24O3. The third-order valence-electron chi connectivity index (χ3n) is 2.39. The van der Waals surface area contributed by atoms with Crippen molar-refractivity contribution in [3.8, 4) is 11.5 Å². The second kappa shape index (κ2) is 8.81. The first-order chi connectivity index (χ1) is 8.77. The van der Waals surface area contributed by atoms with E-state index in [1.807, 2.05) is 25.1 Å². The zero-order chi connectivity index (χ0) is 13.2. The summed E-state index contributed by atoms with van der Waals surface area (Å²) in [5.41, 5.74) is 1.18. The van der Waals surface area contributed by atoms with E-state index in [0.29, 0.717) is 19.8 Å². The fraction of sp³-hybridized carbons (Fsp3) is 0.600. The average molecular weight is 252 g/mol. The molecule has 1 aromatic rings. The SMILES string of the molecule is CCCOCCOc1ccc(C)cc1OCCC. The van der Waals surface area contributed by atoms with Crippen molar-refractivity contribution in [3.05, 3.63) is 23.8 Å². The van der Waals surface area contributed by atoms with Crippen LogP contribution in [0.4, 0.5) is 0 Å². The summed E-state index contributed by atoms with van der Waals surface area (Å²) in [6, 6.07) is 6.00. The quantitative estimate of drug-likeness (QED) is 0.629. The van der Waals surface area contributed by atoms with Crippen LogP contribution in [0, 0.1) is 6.92 Å². The first kappa shape index (κ1) is 14.8. The summed E-state index contributed by atoms with van der Waals surface area (Å²) in [4.78, 5) is 0. The van der Waals surface area contributed by atoms with E-state index in [1.54, 1.807) is 0 Å². The molecule has 0 amide bonds. The number of aryl methyl sites for hydroxylation is 1. The second-order valence-electron chi connectivity index (χ2n) is 4.26. The van der Waals surface area contributed by atoms with E-state index in [0.717, 1.165) is 30.9 Å². The molecule has 102 valence electrons. The Bertz CT molecular complexity index is 337. The average Bonchev–Trinajstić information content (AvgIpc) is 2.38. The van der Waals surface area contributed by atoms with Gasteiger partial charge in [0.25, 0.3) is 0 Å². The third kappa shape index (κ3) is 5.41. The molecule has 0 saturated carbocycles. The molecule has 3 nitrogen and oxygen atoms in total. The minimum Gasteiger partial charge on any atom is -0.490 e. The number of ether oxygens (including phenoxy) is 3. The number of benzene rings is 1. The Morgan fingerprint density at radius 1 is 0.833 bits per heavy atom. The van der Waals surface area contributed by atoms with Gasteiger partial charge in [0.15, 0.2) is 11.5 Å². The molecular weight excluding hydrogens is 228 g/mol. The van der Waals surface area contributed by atoms with Crippen LogP contribution < -0.4 is 9.47 Å². The minimum atomic E-state index is 0.561. The highest BCUT2D eigenvalue weighted by molar-refractivity contribution is 5.42. The summed E-state index contributed by atoms with van der Waals surface area (Å²) in [6.07, 6.45) is 2.03. The lowest BCUT2D eigenvalue weighted by Crippen LogP contribution is -2.08. The van der Waals surface area contributed by atoms with Crippen molar-refractivity contribution in [2.24, 2.45) is 0 Å². The predicted octanol–water partition coefficient (Wildman–Crippen LogP) is 3.59. The zero-order valence-corrected chi connectivity index (χ0v) is 11.7. The van der Waals surface area contributed by atoms with Crippen molar-refractivity contribution in [1.29, 1.82) is 0 Å². The van der Waals surface area contributed by atoms with Gasteiger partial charge in [0.1, 0.15) is 6.61 Å². The lowest BCUT2D eigenvalue weighted by Gasteiger charge is -2.13. The number of hydrogen-bond acceptors (Lipinski definition) is 3. The monoisotopic (exact) mass is 252 g/mol. The van der Waals surface area contributed by atoms with Crippen molar-refractivity contribution in [1.82, 2.24) is 0 Å². The van der Waals surface area contributed by atoms with Gasteiger partial charge in [-0.3, -0.25) is 0 Å². The Morgan fingerprint density at radius 2 is 1.56 bits per heavy atom. The van der Waals surface area contributed by atoms with Crippen molar-refractivity contribution in [2.45, 2.75) is 33.6 Å². The van der Waals surface area contributed by atoms with Gasteiger partial charge >= 0.3 is 0 Å². The topological polar surface area (TPSA) is 27.7 Å². The second-order valence-corrected chi connectivity index (χ2v) is 4.26. The minimum absolute atomic E-state index is 0.561. The molecule has 0 saturated heterocycles. The van der Waals surface area contributed by atoms with Gasteiger partial charge in [0.2, 0.25) is 0 Å². The van der Waals surface area contributed by atoms with Gasteiger partial charge in [-0.05, 0) is 37.5 Å². The van der Waals surface area contributed by atoms with Crippen LogP contribution in [0.3, 0.4) is 0 Å². The molecule has 0 N–H and O–H groups in total. The molecule has 3 heteroatoms. The standard InChI is InChI=1S/C15H24O3/c1-4-8-16-10-11-18-14-7-6-13(3)12-15(14)17-9-5-2/h6-7,12H,4-5,8-11H2,1-3H3. The summed E-state index contributed by atoms with van der Waals surface area (Å²) in [6.45, 7) is 8.92. The van der Waals surface area contributed by atoms with Gasteiger partial charge < -0.3 is 14.2 Å². The molecule has 1 aromatic carbocycles. The zero-order valence-electron chi connectivity index (χ0n) is 11.7. The molecule has 0 spiro atoms. The van der Waals surface area contributed by atoms with Crippen molar-refractivity contribution < 1.29 is 14.2 Å². The van der Waals surface area contributed by atoms with E-state index in [2.05, 4.69) is 13.8 Å². The van der Waals surface area contributed by atoms with Crippen molar-refractivity contribution in [3.63, 3.8) is 0 Å². The van der Waals surface area contributed by atoms with E-state index in [-0.39, 0.29) is 0 Å². The van der Waals surface area contributed by atoms with E-state index in [9.17, 15) is 0 Å². The lowest BCUT2D eigenvalue weighted by molar-refractivity contribution is 0.0991. The summed E-state index contributed by atoms with van der Waals surface area (Å²) in [5.74, 6) is 1.63. The Hall–Kier alpha value is -1.22. The Morgan fingerprint density at radius 3 is 2.28 bits per heavy atom. The summed E-state index contributed by atoms with van der Waals surface area (Å²) in [5, 5.41) is 0. The van der Waals surface area contributed by atoms with Gasteiger partial charge in [-0.25, -0.2) is 0 Å². The van der Waals surface area contributed by atoms with Crippen molar-refractivity contribution >= 4 is 0 Å². The third-order valence-corrected chi connectivity index (χ3v) is 2.39. The highest BCUT2D eigenvalue weighted by Crippen LogP contribution is 2.28. The summed E-state index contributed by atoms with van der Waals surface area (Å²) >= 11 is 0. The molecule has 0 aliphatic carbocycles. The Labute approximate surface area is 110 Å². The molecule has 0 aromatic heterocycles. The van der Waals surface area contributed by atoms with Crippen molar-refractivity contribution in [2.75, 3.05) is 26.4 Å². The molecule has 0 aliphatic rings. The predicted molar refractivity (Wildman–Crippen MR) is 73.6 cm³/mol. The van der Waals surface area contributed by atoms with E-state index >= 15 is 0 Å². The van der Waals surface area contributed by atoms with Crippen LogP contribution >= 0.6 is 0 Å².